The van der Waals surface area contributed by atoms with Crippen LogP contribution >= 0.6 is 0 Å². The Morgan fingerprint density at radius 1 is 1.25 bits per heavy atom. The predicted octanol–water partition coefficient (Wildman–Crippen LogP) is -1.37. The number of hydrogen-bond donors (Lipinski definition) is 0. The highest BCUT2D eigenvalue weighted by atomic mass is 32.2. The van der Waals surface area contributed by atoms with Gasteiger partial charge in [0.15, 0.2) is 0 Å². The molecule has 0 aromatic heterocycles. The van der Waals surface area contributed by atoms with Crippen LogP contribution in [0.1, 0.15) is 0 Å². The van der Waals surface area contributed by atoms with Gasteiger partial charge in [-0.3, -0.25) is 0 Å². The standard InChI is InChI=1S/C4H8O6S2/c1-2-4(12(8,9)10)3-11(5,6)7/h2,4H,1,3H2,(H,5,6,7)(H,8,9,10)/p-2. The zero-order valence-corrected chi connectivity index (χ0v) is 7.47. The van der Waals surface area contributed by atoms with E-state index in [1.165, 1.54) is 0 Å². The van der Waals surface area contributed by atoms with Crippen molar-refractivity contribution in [1.29, 1.82) is 0 Å². The second kappa shape index (κ2) is 3.52. The molecule has 1 atom stereocenters. The lowest BCUT2D eigenvalue weighted by Crippen LogP contribution is -2.27. The molecule has 0 bridgehead atoms. The van der Waals surface area contributed by atoms with Crippen LogP contribution in [-0.4, -0.2) is 36.9 Å². The topological polar surface area (TPSA) is 114 Å². The van der Waals surface area contributed by atoms with Crippen molar-refractivity contribution in [1.82, 2.24) is 0 Å². The van der Waals surface area contributed by atoms with Gasteiger partial charge in [-0.2, -0.15) is 0 Å². The van der Waals surface area contributed by atoms with E-state index in [0.29, 0.717) is 6.08 Å². The highest BCUT2D eigenvalue weighted by Crippen LogP contribution is 2.02. The van der Waals surface area contributed by atoms with Crippen LogP contribution in [0.3, 0.4) is 0 Å². The van der Waals surface area contributed by atoms with Gasteiger partial charge in [-0.05, 0) is 0 Å². The van der Waals surface area contributed by atoms with Crippen LogP contribution in [0.2, 0.25) is 0 Å². The summed E-state index contributed by atoms with van der Waals surface area (Å²) in [7, 11) is -9.51. The molecule has 0 radical (unpaired) electrons. The van der Waals surface area contributed by atoms with Crippen molar-refractivity contribution >= 4 is 20.2 Å². The van der Waals surface area contributed by atoms with Gasteiger partial charge in [-0.15, -0.1) is 6.58 Å². The lowest BCUT2D eigenvalue weighted by atomic mass is 10.5. The molecule has 0 amide bonds. The molecule has 8 heteroatoms. The second-order valence-electron chi connectivity index (χ2n) is 1.99. The maximum absolute atomic E-state index is 10.2. The third kappa shape index (κ3) is 4.44. The fraction of sp³-hybridized carbons (Fsp3) is 0.500. The molecule has 0 aliphatic carbocycles. The van der Waals surface area contributed by atoms with E-state index in [2.05, 4.69) is 6.58 Å². The zero-order chi connectivity index (χ0) is 9.99. The van der Waals surface area contributed by atoms with Crippen LogP contribution in [0.25, 0.3) is 0 Å². The van der Waals surface area contributed by atoms with E-state index in [-0.39, 0.29) is 0 Å². The van der Waals surface area contributed by atoms with Gasteiger partial charge in [0, 0.05) is 0 Å². The molecule has 0 saturated carbocycles. The highest BCUT2D eigenvalue weighted by molar-refractivity contribution is 7.90. The first-order valence-corrected chi connectivity index (χ1v) is 5.72. The summed E-state index contributed by atoms with van der Waals surface area (Å²) in [4.78, 5) is 0. The molecule has 0 aromatic carbocycles. The molecule has 0 N–H and O–H groups in total. The third-order valence-electron chi connectivity index (χ3n) is 1.00. The Labute approximate surface area is 70.4 Å². The first-order valence-electron chi connectivity index (χ1n) is 2.67. The minimum absolute atomic E-state index is 0.623. The molecule has 0 rings (SSSR count). The fourth-order valence-corrected chi connectivity index (χ4v) is 2.41. The largest absolute Gasteiger partial charge is 0.748 e. The van der Waals surface area contributed by atoms with Crippen molar-refractivity contribution in [3.8, 4) is 0 Å². The summed E-state index contributed by atoms with van der Waals surface area (Å²) in [5.74, 6) is -1.26. The van der Waals surface area contributed by atoms with Crippen molar-refractivity contribution in [2.45, 2.75) is 5.25 Å². The Balaban J connectivity index is 4.76. The van der Waals surface area contributed by atoms with E-state index in [1.54, 1.807) is 0 Å². The van der Waals surface area contributed by atoms with Crippen LogP contribution in [0, 0.1) is 0 Å². The molecule has 6 nitrogen and oxygen atoms in total. The molecular weight excluding hydrogens is 208 g/mol. The number of hydrogen-bond acceptors (Lipinski definition) is 6. The van der Waals surface area contributed by atoms with E-state index < -0.39 is 31.2 Å². The molecule has 1 unspecified atom stereocenters. The van der Waals surface area contributed by atoms with E-state index in [9.17, 15) is 25.9 Å². The summed E-state index contributed by atoms with van der Waals surface area (Å²) in [5.41, 5.74) is 0. The van der Waals surface area contributed by atoms with Gasteiger partial charge in [0.1, 0.15) is 10.1 Å². The zero-order valence-electron chi connectivity index (χ0n) is 5.83. The lowest BCUT2D eigenvalue weighted by molar-refractivity contribution is 0.445. The Hall–Kier alpha value is -0.440. The predicted molar refractivity (Wildman–Crippen MR) is 38.2 cm³/mol. The SMILES string of the molecule is C=CC(CS(=O)(=O)[O-])S(=O)(=O)[O-]. The van der Waals surface area contributed by atoms with Crippen LogP contribution in [0.15, 0.2) is 12.7 Å². The van der Waals surface area contributed by atoms with Gasteiger partial charge >= 0.3 is 0 Å². The van der Waals surface area contributed by atoms with Crippen LogP contribution < -0.4 is 0 Å². The summed E-state index contributed by atoms with van der Waals surface area (Å²) in [6, 6.07) is 0. The van der Waals surface area contributed by atoms with E-state index in [1.807, 2.05) is 0 Å². The molecule has 0 heterocycles. The average molecular weight is 214 g/mol. The van der Waals surface area contributed by atoms with Crippen molar-refractivity contribution in [3.63, 3.8) is 0 Å². The summed E-state index contributed by atoms with van der Waals surface area (Å²) in [6.45, 7) is 2.93. The Bertz CT molecular complexity index is 349. The molecule has 0 aliphatic rings. The summed E-state index contributed by atoms with van der Waals surface area (Å²) >= 11 is 0. The Morgan fingerprint density at radius 3 is 1.75 bits per heavy atom. The molecule has 0 aliphatic heterocycles. The van der Waals surface area contributed by atoms with E-state index >= 15 is 0 Å². The molecule has 72 valence electrons. The van der Waals surface area contributed by atoms with Crippen LogP contribution in [0.4, 0.5) is 0 Å². The highest BCUT2D eigenvalue weighted by Gasteiger charge is 2.14. The van der Waals surface area contributed by atoms with Gasteiger partial charge in [0.2, 0.25) is 0 Å². The minimum Gasteiger partial charge on any atom is -0.748 e. The molecule has 0 aromatic rings. The van der Waals surface area contributed by atoms with Crippen molar-refractivity contribution in [2.75, 3.05) is 5.75 Å². The quantitative estimate of drug-likeness (QED) is 0.421. The summed E-state index contributed by atoms with van der Waals surface area (Å²) in [5, 5.41) is -1.86. The van der Waals surface area contributed by atoms with E-state index in [4.69, 9.17) is 0 Å². The van der Waals surface area contributed by atoms with Crippen molar-refractivity contribution in [2.24, 2.45) is 0 Å². The van der Waals surface area contributed by atoms with Crippen LogP contribution in [-0.2, 0) is 20.2 Å². The summed E-state index contributed by atoms with van der Waals surface area (Å²) < 4.78 is 60.8. The Kier molecular flexibility index (Phi) is 3.39. The van der Waals surface area contributed by atoms with Gasteiger partial charge in [-0.25, -0.2) is 16.8 Å². The molecular formula is C4H6O6S2-2. The van der Waals surface area contributed by atoms with Crippen molar-refractivity contribution in [3.05, 3.63) is 12.7 Å². The minimum atomic E-state index is -4.80. The monoisotopic (exact) mass is 214 g/mol. The second-order valence-corrected chi connectivity index (χ2v) is 5.03. The van der Waals surface area contributed by atoms with Gasteiger partial charge in [0.25, 0.3) is 0 Å². The normalized spacial score (nSPS) is 15.5. The smallest absolute Gasteiger partial charge is 0.102 e. The molecule has 0 spiro atoms. The van der Waals surface area contributed by atoms with E-state index in [0.717, 1.165) is 0 Å². The first-order chi connectivity index (χ1) is 5.17. The lowest BCUT2D eigenvalue weighted by Gasteiger charge is -2.18. The van der Waals surface area contributed by atoms with Crippen LogP contribution in [0.5, 0.6) is 0 Å². The maximum Gasteiger partial charge on any atom is 0.102 e. The van der Waals surface area contributed by atoms with Gasteiger partial charge in [0.05, 0.1) is 21.1 Å². The summed E-state index contributed by atoms with van der Waals surface area (Å²) in [6.07, 6.45) is 0.623. The first kappa shape index (κ1) is 11.6. The average Bonchev–Trinajstić information content (AvgIpc) is 1.78. The fourth-order valence-electron chi connectivity index (χ4n) is 0.470. The third-order valence-corrected chi connectivity index (χ3v) is 3.08. The Morgan fingerprint density at radius 2 is 1.67 bits per heavy atom. The maximum atomic E-state index is 10.2. The molecule has 0 fully saturated rings. The number of rotatable bonds is 4. The van der Waals surface area contributed by atoms with Gasteiger partial charge in [-0.1, -0.05) is 6.08 Å². The molecule has 0 saturated heterocycles. The van der Waals surface area contributed by atoms with Crippen molar-refractivity contribution < 1.29 is 25.9 Å². The van der Waals surface area contributed by atoms with Gasteiger partial charge < -0.3 is 9.11 Å². The molecule has 12 heavy (non-hydrogen) atoms.